The Balaban J connectivity index is 1.55. The number of carbonyl (C=O) groups excluding carboxylic acids is 1. The molecule has 1 aliphatic carbocycles. The van der Waals surface area contributed by atoms with Crippen molar-refractivity contribution < 1.29 is 9.53 Å². The first-order valence-electron chi connectivity index (χ1n) is 7.44. The number of halogens is 1. The molecule has 1 aromatic heterocycles. The van der Waals surface area contributed by atoms with Gasteiger partial charge in [0.1, 0.15) is 11.8 Å². The van der Waals surface area contributed by atoms with E-state index in [1.165, 1.54) is 0 Å². The van der Waals surface area contributed by atoms with Crippen LogP contribution in [0, 0.1) is 0 Å². The zero-order valence-corrected chi connectivity index (χ0v) is 13.4. The topological polar surface area (TPSA) is 76.1 Å². The number of benzene rings is 1. The molecular formula is C16H17ClN4O2. The fraction of sp³-hybridized carbons (Fsp3) is 0.312. The van der Waals surface area contributed by atoms with Gasteiger partial charge in [-0.05, 0) is 50.1 Å². The van der Waals surface area contributed by atoms with E-state index in [4.69, 9.17) is 16.3 Å². The fourth-order valence-corrected chi connectivity index (χ4v) is 2.07. The lowest BCUT2D eigenvalue weighted by Crippen LogP contribution is -2.38. The minimum atomic E-state index is -0.287. The highest BCUT2D eigenvalue weighted by Gasteiger charge is 2.25. The first kappa shape index (κ1) is 15.6. The Morgan fingerprint density at radius 3 is 2.57 bits per heavy atom. The number of hydrogen-bond donors (Lipinski definition) is 2. The predicted octanol–water partition coefficient (Wildman–Crippen LogP) is 3.00. The number of nitrogens with zero attached hydrogens (tertiary/aromatic N) is 2. The van der Waals surface area contributed by atoms with Crippen LogP contribution in [0.15, 0.2) is 36.4 Å². The van der Waals surface area contributed by atoms with Gasteiger partial charge in [0.25, 0.3) is 0 Å². The highest BCUT2D eigenvalue weighted by molar-refractivity contribution is 6.29. The van der Waals surface area contributed by atoms with Gasteiger partial charge in [-0.25, -0.2) is 0 Å². The van der Waals surface area contributed by atoms with Gasteiger partial charge in [-0.3, -0.25) is 4.79 Å². The van der Waals surface area contributed by atoms with Crippen LogP contribution in [-0.2, 0) is 4.79 Å². The molecule has 0 bridgehead atoms. The maximum Gasteiger partial charge on any atom is 0.242 e. The molecule has 2 aromatic rings. The van der Waals surface area contributed by atoms with Gasteiger partial charge in [0.05, 0.1) is 0 Å². The van der Waals surface area contributed by atoms with Crippen LogP contribution >= 0.6 is 11.6 Å². The molecule has 3 rings (SSSR count). The Kier molecular flexibility index (Phi) is 4.62. The Morgan fingerprint density at radius 2 is 1.96 bits per heavy atom. The average molecular weight is 333 g/mol. The van der Waals surface area contributed by atoms with Crippen LogP contribution in [0.4, 0.5) is 5.69 Å². The minimum absolute atomic E-state index is 0.0178. The summed E-state index contributed by atoms with van der Waals surface area (Å²) in [6.45, 7) is 1.84. The normalized spacial score (nSPS) is 14.9. The second-order valence-corrected chi connectivity index (χ2v) is 5.86. The third-order valence-corrected chi connectivity index (χ3v) is 3.59. The van der Waals surface area contributed by atoms with E-state index in [-0.39, 0.29) is 11.9 Å². The molecule has 1 heterocycles. The van der Waals surface area contributed by atoms with Crippen LogP contribution < -0.4 is 15.4 Å². The van der Waals surface area contributed by atoms with Crippen LogP contribution in [0.1, 0.15) is 19.8 Å². The molecule has 1 atom stereocenters. The monoisotopic (exact) mass is 332 g/mol. The van der Waals surface area contributed by atoms with Crippen molar-refractivity contribution in [1.82, 2.24) is 15.5 Å². The van der Waals surface area contributed by atoms with Crippen LogP contribution in [-0.4, -0.2) is 28.2 Å². The second-order valence-electron chi connectivity index (χ2n) is 5.47. The standard InChI is InChI=1S/C16H17ClN4O2/c1-10(16(22)19-12-2-3-12)18-11-4-6-13(7-5-11)23-15-9-8-14(17)20-21-15/h4-10,12,18H,2-3H2,1H3,(H,19,22)/t10-/m1/s1. The molecule has 0 spiro atoms. The molecule has 0 radical (unpaired) electrons. The lowest BCUT2D eigenvalue weighted by atomic mass is 10.2. The van der Waals surface area contributed by atoms with Crippen molar-refractivity contribution in [2.75, 3.05) is 5.32 Å². The number of aromatic nitrogens is 2. The molecule has 1 amide bonds. The first-order valence-corrected chi connectivity index (χ1v) is 7.82. The van der Waals surface area contributed by atoms with Crippen molar-refractivity contribution in [3.8, 4) is 11.6 Å². The summed E-state index contributed by atoms with van der Waals surface area (Å²) < 4.78 is 5.56. The van der Waals surface area contributed by atoms with Crippen LogP contribution in [0.3, 0.4) is 0 Å². The van der Waals surface area contributed by atoms with Crippen LogP contribution in [0.25, 0.3) is 0 Å². The van der Waals surface area contributed by atoms with E-state index in [1.54, 1.807) is 24.3 Å². The molecule has 2 N–H and O–H groups in total. The van der Waals surface area contributed by atoms with E-state index in [1.807, 2.05) is 19.1 Å². The highest BCUT2D eigenvalue weighted by Crippen LogP contribution is 2.22. The van der Waals surface area contributed by atoms with E-state index in [0.717, 1.165) is 18.5 Å². The quantitative estimate of drug-likeness (QED) is 0.850. The summed E-state index contributed by atoms with van der Waals surface area (Å²) in [5, 5.41) is 14.0. The van der Waals surface area contributed by atoms with Gasteiger partial charge >= 0.3 is 0 Å². The summed E-state index contributed by atoms with van der Waals surface area (Å²) >= 11 is 5.67. The smallest absolute Gasteiger partial charge is 0.242 e. The third kappa shape index (κ3) is 4.56. The SMILES string of the molecule is C[C@@H](Nc1ccc(Oc2ccc(Cl)nn2)cc1)C(=O)NC1CC1. The zero-order valence-electron chi connectivity index (χ0n) is 12.6. The van der Waals surface area contributed by atoms with E-state index in [2.05, 4.69) is 20.8 Å². The van der Waals surface area contributed by atoms with Crippen molar-refractivity contribution in [3.63, 3.8) is 0 Å². The number of ether oxygens (including phenoxy) is 1. The zero-order chi connectivity index (χ0) is 16.2. The van der Waals surface area contributed by atoms with Crippen LogP contribution in [0.5, 0.6) is 11.6 Å². The average Bonchev–Trinajstić information content (AvgIpc) is 3.35. The molecule has 23 heavy (non-hydrogen) atoms. The molecule has 0 unspecified atom stereocenters. The minimum Gasteiger partial charge on any atom is -0.438 e. The van der Waals surface area contributed by atoms with Gasteiger partial charge in [-0.15, -0.1) is 10.2 Å². The summed E-state index contributed by atoms with van der Waals surface area (Å²) in [4.78, 5) is 11.9. The summed E-state index contributed by atoms with van der Waals surface area (Å²) in [5.74, 6) is 1.01. The van der Waals surface area contributed by atoms with E-state index < -0.39 is 0 Å². The van der Waals surface area contributed by atoms with Gasteiger partial charge in [-0.2, -0.15) is 0 Å². The first-order chi connectivity index (χ1) is 11.1. The molecule has 1 aromatic carbocycles. The molecule has 1 fully saturated rings. The summed E-state index contributed by atoms with van der Waals surface area (Å²) in [6.07, 6.45) is 2.16. The number of carbonyl (C=O) groups is 1. The molecule has 0 aliphatic heterocycles. The fourth-order valence-electron chi connectivity index (χ4n) is 1.97. The second kappa shape index (κ2) is 6.83. The third-order valence-electron chi connectivity index (χ3n) is 3.38. The number of amides is 1. The van der Waals surface area contributed by atoms with Gasteiger partial charge in [0.15, 0.2) is 5.15 Å². The molecule has 0 saturated heterocycles. The predicted molar refractivity (Wildman–Crippen MR) is 87.8 cm³/mol. The van der Waals surface area contributed by atoms with E-state index >= 15 is 0 Å². The van der Waals surface area contributed by atoms with Crippen molar-refractivity contribution in [2.45, 2.75) is 31.8 Å². The molecule has 6 nitrogen and oxygen atoms in total. The Hall–Kier alpha value is -2.34. The number of hydrogen-bond acceptors (Lipinski definition) is 5. The van der Waals surface area contributed by atoms with Crippen molar-refractivity contribution in [2.24, 2.45) is 0 Å². The van der Waals surface area contributed by atoms with Gasteiger partial charge in [-0.1, -0.05) is 11.6 Å². The maximum absolute atomic E-state index is 11.9. The van der Waals surface area contributed by atoms with Crippen molar-refractivity contribution in [1.29, 1.82) is 0 Å². The molecule has 1 aliphatic rings. The number of nitrogens with one attached hydrogen (secondary N) is 2. The van der Waals surface area contributed by atoms with E-state index in [0.29, 0.717) is 22.8 Å². The maximum atomic E-state index is 11.9. The molecular weight excluding hydrogens is 316 g/mol. The largest absolute Gasteiger partial charge is 0.438 e. The summed E-state index contributed by atoms with van der Waals surface area (Å²) in [6, 6.07) is 10.6. The van der Waals surface area contributed by atoms with Crippen LogP contribution in [0.2, 0.25) is 5.15 Å². The Bertz CT molecular complexity index is 671. The van der Waals surface area contributed by atoms with Gasteiger partial charge in [0.2, 0.25) is 11.8 Å². The Labute approximate surface area is 139 Å². The molecule has 7 heteroatoms. The lowest BCUT2D eigenvalue weighted by Gasteiger charge is -2.15. The summed E-state index contributed by atoms with van der Waals surface area (Å²) in [7, 11) is 0. The van der Waals surface area contributed by atoms with Crippen molar-refractivity contribution >= 4 is 23.2 Å². The van der Waals surface area contributed by atoms with Crippen molar-refractivity contribution in [3.05, 3.63) is 41.6 Å². The lowest BCUT2D eigenvalue weighted by molar-refractivity contribution is -0.121. The molecule has 1 saturated carbocycles. The number of anilines is 1. The molecule has 120 valence electrons. The summed E-state index contributed by atoms with van der Waals surface area (Å²) in [5.41, 5.74) is 0.845. The van der Waals surface area contributed by atoms with Gasteiger partial charge in [0, 0.05) is 17.8 Å². The Morgan fingerprint density at radius 1 is 1.22 bits per heavy atom. The van der Waals surface area contributed by atoms with E-state index in [9.17, 15) is 4.79 Å². The number of rotatable bonds is 6. The highest BCUT2D eigenvalue weighted by atomic mass is 35.5. The van der Waals surface area contributed by atoms with Gasteiger partial charge < -0.3 is 15.4 Å².